The Morgan fingerprint density at radius 1 is 1.41 bits per heavy atom. The van der Waals surface area contributed by atoms with E-state index in [1.807, 2.05) is 17.9 Å². The van der Waals surface area contributed by atoms with Crippen molar-refractivity contribution < 1.29 is 9.32 Å². The van der Waals surface area contributed by atoms with Crippen molar-refractivity contribution in [2.45, 2.75) is 25.8 Å². The number of rotatable bonds is 1. The number of likely N-dealkylation sites (tertiary alicyclic amines) is 1. The monoisotopic (exact) mass is 322 g/mol. The van der Waals surface area contributed by atoms with Crippen LogP contribution in [-0.4, -0.2) is 40.1 Å². The van der Waals surface area contributed by atoms with Gasteiger partial charge < -0.3 is 15.2 Å². The van der Waals surface area contributed by atoms with Gasteiger partial charge in [-0.2, -0.15) is 0 Å². The summed E-state index contributed by atoms with van der Waals surface area (Å²) >= 11 is 0. The molecule has 1 aliphatic carbocycles. The fraction of sp³-hybridized carbons (Fsp3) is 0.533. The molecule has 118 valence electrons. The van der Waals surface area contributed by atoms with Crippen LogP contribution in [0.4, 0.5) is 0 Å². The SMILES string of the molecule is Cc1noc2ncc(C(=O)N3CC4CCC(N)C4C3)cc12.Cl. The van der Waals surface area contributed by atoms with Crippen LogP contribution >= 0.6 is 12.4 Å². The number of carbonyl (C=O) groups is 1. The molecule has 2 aromatic rings. The molecule has 6 nitrogen and oxygen atoms in total. The number of halogens is 1. The lowest BCUT2D eigenvalue weighted by atomic mass is 9.98. The van der Waals surface area contributed by atoms with Crippen molar-refractivity contribution in [1.82, 2.24) is 15.0 Å². The number of carbonyl (C=O) groups excluding carboxylic acids is 1. The topological polar surface area (TPSA) is 85.2 Å². The quantitative estimate of drug-likeness (QED) is 0.864. The molecule has 3 heterocycles. The van der Waals surface area contributed by atoms with E-state index in [4.69, 9.17) is 10.3 Å². The minimum Gasteiger partial charge on any atom is -0.338 e. The Bertz CT molecular complexity index is 717. The first-order valence-electron chi connectivity index (χ1n) is 7.40. The first-order chi connectivity index (χ1) is 10.1. The summed E-state index contributed by atoms with van der Waals surface area (Å²) in [6.07, 6.45) is 3.80. The van der Waals surface area contributed by atoms with Crippen LogP contribution in [-0.2, 0) is 0 Å². The number of amides is 1. The third-order valence-corrected chi connectivity index (χ3v) is 4.96. The molecule has 0 radical (unpaired) electrons. The van der Waals surface area contributed by atoms with E-state index in [0.717, 1.165) is 37.0 Å². The van der Waals surface area contributed by atoms with Crippen LogP contribution in [0.1, 0.15) is 28.9 Å². The molecule has 0 bridgehead atoms. The summed E-state index contributed by atoms with van der Waals surface area (Å²) in [5.74, 6) is 1.06. The Morgan fingerprint density at radius 3 is 3.00 bits per heavy atom. The van der Waals surface area contributed by atoms with Crippen molar-refractivity contribution in [3.8, 4) is 0 Å². The van der Waals surface area contributed by atoms with E-state index in [-0.39, 0.29) is 24.4 Å². The van der Waals surface area contributed by atoms with Crippen molar-refractivity contribution >= 4 is 29.4 Å². The third kappa shape index (κ3) is 2.27. The van der Waals surface area contributed by atoms with Crippen LogP contribution in [0.3, 0.4) is 0 Å². The molecule has 0 spiro atoms. The lowest BCUT2D eigenvalue weighted by molar-refractivity contribution is 0.0779. The van der Waals surface area contributed by atoms with Crippen LogP contribution < -0.4 is 5.73 Å². The van der Waals surface area contributed by atoms with Crippen molar-refractivity contribution in [3.63, 3.8) is 0 Å². The second-order valence-electron chi connectivity index (χ2n) is 6.22. The van der Waals surface area contributed by atoms with Crippen LogP contribution in [0.5, 0.6) is 0 Å². The first kappa shape index (κ1) is 15.2. The number of pyridine rings is 1. The Hall–Kier alpha value is -1.66. The van der Waals surface area contributed by atoms with Gasteiger partial charge in [-0.05, 0) is 37.7 Å². The van der Waals surface area contributed by atoms with Gasteiger partial charge in [0.15, 0.2) is 0 Å². The van der Waals surface area contributed by atoms with E-state index in [2.05, 4.69) is 10.1 Å². The normalized spacial score (nSPS) is 27.0. The predicted molar refractivity (Wildman–Crippen MR) is 83.9 cm³/mol. The average Bonchev–Trinajstić information content (AvgIpc) is 3.16. The van der Waals surface area contributed by atoms with Gasteiger partial charge in [0.05, 0.1) is 16.6 Å². The molecular formula is C15H19ClN4O2. The van der Waals surface area contributed by atoms with Gasteiger partial charge in [0, 0.05) is 25.3 Å². The maximum Gasteiger partial charge on any atom is 0.257 e. The van der Waals surface area contributed by atoms with E-state index < -0.39 is 0 Å². The van der Waals surface area contributed by atoms with Crippen molar-refractivity contribution in [3.05, 3.63) is 23.5 Å². The summed E-state index contributed by atoms with van der Waals surface area (Å²) in [5.41, 5.74) is 7.96. The van der Waals surface area contributed by atoms with Crippen LogP contribution in [0.2, 0.25) is 0 Å². The van der Waals surface area contributed by atoms with Gasteiger partial charge >= 0.3 is 0 Å². The van der Waals surface area contributed by atoms with Crippen molar-refractivity contribution in [1.29, 1.82) is 0 Å². The average molecular weight is 323 g/mol. The summed E-state index contributed by atoms with van der Waals surface area (Å²) < 4.78 is 5.08. The van der Waals surface area contributed by atoms with E-state index in [9.17, 15) is 4.79 Å². The smallest absolute Gasteiger partial charge is 0.257 e. The number of hydrogen-bond donors (Lipinski definition) is 1. The summed E-state index contributed by atoms with van der Waals surface area (Å²) in [7, 11) is 0. The summed E-state index contributed by atoms with van der Waals surface area (Å²) in [5, 5.41) is 4.67. The molecule has 7 heteroatoms. The first-order valence-corrected chi connectivity index (χ1v) is 7.40. The molecule has 4 rings (SSSR count). The van der Waals surface area contributed by atoms with Crippen LogP contribution in [0.15, 0.2) is 16.8 Å². The summed E-state index contributed by atoms with van der Waals surface area (Å²) in [4.78, 5) is 18.8. The zero-order chi connectivity index (χ0) is 14.6. The fourth-order valence-electron chi connectivity index (χ4n) is 3.72. The van der Waals surface area contributed by atoms with E-state index in [1.54, 1.807) is 6.20 Å². The molecule has 1 amide bonds. The molecule has 0 aromatic carbocycles. The second-order valence-corrected chi connectivity index (χ2v) is 6.22. The third-order valence-electron chi connectivity index (χ3n) is 4.96. The maximum absolute atomic E-state index is 12.7. The molecule has 3 atom stereocenters. The predicted octanol–water partition coefficient (Wildman–Crippen LogP) is 1.76. The molecule has 2 fully saturated rings. The zero-order valence-electron chi connectivity index (χ0n) is 12.4. The molecule has 2 aromatic heterocycles. The Balaban J connectivity index is 0.00000144. The molecule has 3 unspecified atom stereocenters. The van der Waals surface area contributed by atoms with E-state index >= 15 is 0 Å². The molecule has 1 saturated carbocycles. The highest BCUT2D eigenvalue weighted by Gasteiger charge is 2.42. The highest BCUT2D eigenvalue weighted by molar-refractivity contribution is 5.97. The molecule has 2 aliphatic rings. The Morgan fingerprint density at radius 2 is 2.23 bits per heavy atom. The molecule has 1 aliphatic heterocycles. The molecule has 22 heavy (non-hydrogen) atoms. The number of nitrogens with zero attached hydrogens (tertiary/aromatic N) is 3. The van der Waals surface area contributed by atoms with Crippen molar-refractivity contribution in [2.75, 3.05) is 13.1 Å². The van der Waals surface area contributed by atoms with Gasteiger partial charge in [-0.1, -0.05) is 5.16 Å². The van der Waals surface area contributed by atoms with Gasteiger partial charge in [-0.3, -0.25) is 4.79 Å². The highest BCUT2D eigenvalue weighted by atomic mass is 35.5. The number of nitrogens with two attached hydrogens (primary N) is 1. The lowest BCUT2D eigenvalue weighted by Crippen LogP contribution is -2.33. The molecule has 2 N–H and O–H groups in total. The van der Waals surface area contributed by atoms with E-state index in [1.165, 1.54) is 0 Å². The van der Waals surface area contributed by atoms with E-state index in [0.29, 0.717) is 23.1 Å². The van der Waals surface area contributed by atoms with Gasteiger partial charge in [-0.15, -0.1) is 12.4 Å². The van der Waals surface area contributed by atoms with Crippen molar-refractivity contribution in [2.24, 2.45) is 17.6 Å². The summed E-state index contributed by atoms with van der Waals surface area (Å²) in [6, 6.07) is 2.07. The Labute approximate surface area is 134 Å². The number of hydrogen-bond acceptors (Lipinski definition) is 5. The lowest BCUT2D eigenvalue weighted by Gasteiger charge is -2.18. The second kappa shape index (κ2) is 5.52. The molecular weight excluding hydrogens is 304 g/mol. The Kier molecular flexibility index (Phi) is 3.82. The fourth-order valence-corrected chi connectivity index (χ4v) is 3.72. The number of fused-ring (bicyclic) bond motifs is 2. The highest BCUT2D eigenvalue weighted by Crippen LogP contribution is 2.37. The summed E-state index contributed by atoms with van der Waals surface area (Å²) in [6.45, 7) is 3.43. The maximum atomic E-state index is 12.7. The minimum absolute atomic E-state index is 0. The minimum atomic E-state index is 0. The number of aryl methyl sites for hydroxylation is 1. The van der Waals surface area contributed by atoms with Gasteiger partial charge in [0.1, 0.15) is 0 Å². The van der Waals surface area contributed by atoms with Gasteiger partial charge in [0.25, 0.3) is 11.6 Å². The zero-order valence-corrected chi connectivity index (χ0v) is 13.2. The molecule has 1 saturated heterocycles. The van der Waals surface area contributed by atoms with Crippen LogP contribution in [0.25, 0.3) is 11.1 Å². The number of aromatic nitrogens is 2. The van der Waals surface area contributed by atoms with Crippen LogP contribution in [0, 0.1) is 18.8 Å². The van der Waals surface area contributed by atoms with Gasteiger partial charge in [-0.25, -0.2) is 4.98 Å². The standard InChI is InChI=1S/C15H18N4O2.ClH/c1-8-11-4-10(5-17-14(11)21-18-8)15(20)19-6-9-2-3-13(16)12(9)7-19;/h4-5,9,12-13H,2-3,6-7,16H2,1H3;1H. The largest absolute Gasteiger partial charge is 0.338 e. The van der Waals surface area contributed by atoms with Gasteiger partial charge in [0.2, 0.25) is 0 Å².